The van der Waals surface area contributed by atoms with Gasteiger partial charge in [0.1, 0.15) is 0 Å². The molecule has 148 valence electrons. The normalized spacial score (nSPS) is 16.9. The molecule has 0 saturated carbocycles. The fourth-order valence-electron chi connectivity index (χ4n) is 4.10. The molecule has 2 aromatic heterocycles. The van der Waals surface area contributed by atoms with Crippen molar-refractivity contribution in [2.75, 3.05) is 6.61 Å². The molecule has 3 aromatic rings. The van der Waals surface area contributed by atoms with Crippen LogP contribution in [0.5, 0.6) is 0 Å². The van der Waals surface area contributed by atoms with Crippen molar-refractivity contribution in [1.82, 2.24) is 18.7 Å². The molecule has 0 spiro atoms. The lowest BCUT2D eigenvalue weighted by molar-refractivity contribution is 0.0950. The van der Waals surface area contributed by atoms with Crippen LogP contribution in [-0.4, -0.2) is 31.4 Å². The van der Waals surface area contributed by atoms with Gasteiger partial charge in [0.25, 0.3) is 5.56 Å². The van der Waals surface area contributed by atoms with E-state index >= 15 is 0 Å². The largest absolute Gasteiger partial charge is 0.376 e. The van der Waals surface area contributed by atoms with Crippen LogP contribution < -0.4 is 11.2 Å². The summed E-state index contributed by atoms with van der Waals surface area (Å²) >= 11 is 0. The fourth-order valence-corrected chi connectivity index (χ4v) is 4.10. The van der Waals surface area contributed by atoms with E-state index in [0.29, 0.717) is 24.3 Å². The van der Waals surface area contributed by atoms with Crippen molar-refractivity contribution < 1.29 is 4.74 Å². The summed E-state index contributed by atoms with van der Waals surface area (Å²) in [6, 6.07) is 5.91. The molecule has 1 unspecified atom stereocenters. The van der Waals surface area contributed by atoms with Crippen LogP contribution in [0.25, 0.3) is 16.9 Å². The van der Waals surface area contributed by atoms with Gasteiger partial charge in [-0.15, -0.1) is 0 Å². The molecule has 1 aliphatic rings. The monoisotopic (exact) mass is 382 g/mol. The summed E-state index contributed by atoms with van der Waals surface area (Å²) in [7, 11) is 0. The predicted molar refractivity (Wildman–Crippen MR) is 108 cm³/mol. The molecule has 1 saturated heterocycles. The first kappa shape index (κ1) is 18.7. The zero-order chi connectivity index (χ0) is 19.8. The molecule has 1 atom stereocenters. The van der Waals surface area contributed by atoms with Crippen LogP contribution in [0, 0.1) is 13.8 Å². The van der Waals surface area contributed by atoms with E-state index in [1.165, 1.54) is 4.57 Å². The molecule has 0 bridgehead atoms. The van der Waals surface area contributed by atoms with Crippen molar-refractivity contribution in [3.8, 4) is 5.69 Å². The number of para-hydroxylation sites is 1. The predicted octanol–water partition coefficient (Wildman–Crippen LogP) is 2.55. The van der Waals surface area contributed by atoms with Gasteiger partial charge in [0, 0.05) is 13.2 Å². The van der Waals surface area contributed by atoms with E-state index in [-0.39, 0.29) is 23.9 Å². The molecule has 1 aliphatic heterocycles. The van der Waals surface area contributed by atoms with E-state index in [2.05, 4.69) is 11.9 Å². The first-order valence-electron chi connectivity index (χ1n) is 9.91. The highest BCUT2D eigenvalue weighted by Crippen LogP contribution is 2.21. The lowest BCUT2D eigenvalue weighted by atomic mass is 10.1. The summed E-state index contributed by atoms with van der Waals surface area (Å²) in [6.07, 6.45) is 4.26. The zero-order valence-corrected chi connectivity index (χ0v) is 16.6. The van der Waals surface area contributed by atoms with Gasteiger partial charge in [-0.2, -0.15) is 0 Å². The van der Waals surface area contributed by atoms with Crippen LogP contribution in [0.15, 0.2) is 34.1 Å². The van der Waals surface area contributed by atoms with Gasteiger partial charge in [0.15, 0.2) is 11.2 Å². The van der Waals surface area contributed by atoms with Gasteiger partial charge in [0.05, 0.1) is 24.7 Å². The van der Waals surface area contributed by atoms with Gasteiger partial charge in [-0.3, -0.25) is 9.36 Å². The number of imidazole rings is 1. The maximum atomic E-state index is 13.5. The molecule has 7 heteroatoms. The molecular weight excluding hydrogens is 356 g/mol. The summed E-state index contributed by atoms with van der Waals surface area (Å²) < 4.78 is 10.5. The van der Waals surface area contributed by atoms with Crippen molar-refractivity contribution in [1.29, 1.82) is 0 Å². The Balaban J connectivity index is 2.05. The smallest absolute Gasteiger partial charge is 0.337 e. The molecule has 1 aromatic carbocycles. The quantitative estimate of drug-likeness (QED) is 0.680. The second-order valence-electron chi connectivity index (χ2n) is 7.52. The van der Waals surface area contributed by atoms with E-state index in [4.69, 9.17) is 4.74 Å². The standard InChI is InChI=1S/C21H26N4O3/c1-4-10-23-13-22-19-18(23)20(26)24(12-16-9-6-11-28-16)21(27)25(19)17-14(2)7-5-8-15(17)3/h5,7-8,13,16H,4,6,9-12H2,1-3H3. The number of fused-ring (bicyclic) bond motifs is 1. The number of nitrogens with zero attached hydrogens (tertiary/aromatic N) is 4. The van der Waals surface area contributed by atoms with Crippen LogP contribution in [0.3, 0.4) is 0 Å². The number of ether oxygens (including phenoxy) is 1. The van der Waals surface area contributed by atoms with Gasteiger partial charge >= 0.3 is 5.69 Å². The number of aryl methyl sites for hydroxylation is 3. The third-order valence-corrected chi connectivity index (χ3v) is 5.44. The molecule has 0 amide bonds. The lowest BCUT2D eigenvalue weighted by Gasteiger charge is -2.17. The second kappa shape index (κ2) is 7.39. The maximum Gasteiger partial charge on any atom is 0.337 e. The van der Waals surface area contributed by atoms with Crippen LogP contribution in [-0.2, 0) is 17.8 Å². The Bertz CT molecular complexity index is 1110. The third-order valence-electron chi connectivity index (χ3n) is 5.44. The number of hydrogen-bond acceptors (Lipinski definition) is 4. The van der Waals surface area contributed by atoms with Gasteiger partial charge in [0.2, 0.25) is 0 Å². The number of benzene rings is 1. The van der Waals surface area contributed by atoms with Crippen molar-refractivity contribution in [3.63, 3.8) is 0 Å². The van der Waals surface area contributed by atoms with Crippen LogP contribution >= 0.6 is 0 Å². The van der Waals surface area contributed by atoms with E-state index < -0.39 is 0 Å². The molecule has 4 rings (SSSR count). The molecular formula is C21H26N4O3. The first-order valence-corrected chi connectivity index (χ1v) is 9.91. The molecule has 0 N–H and O–H groups in total. The lowest BCUT2D eigenvalue weighted by Crippen LogP contribution is -2.42. The van der Waals surface area contributed by atoms with E-state index in [0.717, 1.165) is 36.1 Å². The van der Waals surface area contributed by atoms with Gasteiger partial charge in [-0.25, -0.2) is 14.3 Å². The van der Waals surface area contributed by atoms with Gasteiger partial charge in [-0.1, -0.05) is 25.1 Å². The SMILES string of the molecule is CCCn1cnc2c1c(=O)n(CC1CCCO1)c(=O)n2-c1c(C)cccc1C. The van der Waals surface area contributed by atoms with Crippen molar-refractivity contribution in [3.05, 3.63) is 56.5 Å². The minimum absolute atomic E-state index is 0.100. The Labute approximate surface area is 163 Å². The minimum atomic E-state index is -0.354. The second-order valence-corrected chi connectivity index (χ2v) is 7.52. The van der Waals surface area contributed by atoms with Crippen LogP contribution in [0.2, 0.25) is 0 Å². The molecule has 0 aliphatic carbocycles. The molecule has 1 fully saturated rings. The van der Waals surface area contributed by atoms with Crippen molar-refractivity contribution in [2.24, 2.45) is 0 Å². The van der Waals surface area contributed by atoms with Crippen LogP contribution in [0.1, 0.15) is 37.3 Å². The Hall–Kier alpha value is -2.67. The topological polar surface area (TPSA) is 71.1 Å². The fraction of sp³-hybridized carbons (Fsp3) is 0.476. The molecule has 7 nitrogen and oxygen atoms in total. The highest BCUT2D eigenvalue weighted by atomic mass is 16.5. The Kier molecular flexibility index (Phi) is 4.93. The van der Waals surface area contributed by atoms with Crippen LogP contribution in [0.4, 0.5) is 0 Å². The highest BCUT2D eigenvalue weighted by molar-refractivity contribution is 5.73. The maximum absolute atomic E-state index is 13.5. The molecule has 28 heavy (non-hydrogen) atoms. The van der Waals surface area contributed by atoms with E-state index in [1.54, 1.807) is 10.9 Å². The average Bonchev–Trinajstić information content (AvgIpc) is 3.31. The summed E-state index contributed by atoms with van der Waals surface area (Å²) in [4.78, 5) is 31.2. The zero-order valence-electron chi connectivity index (χ0n) is 16.6. The first-order chi connectivity index (χ1) is 13.5. The van der Waals surface area contributed by atoms with Crippen molar-refractivity contribution >= 4 is 11.2 Å². The molecule has 0 radical (unpaired) electrons. The number of hydrogen-bond donors (Lipinski definition) is 0. The van der Waals surface area contributed by atoms with E-state index in [9.17, 15) is 9.59 Å². The summed E-state index contributed by atoms with van der Waals surface area (Å²) in [5.41, 5.74) is 2.98. The summed E-state index contributed by atoms with van der Waals surface area (Å²) in [5.74, 6) is 0. The average molecular weight is 382 g/mol. The number of rotatable bonds is 5. The third kappa shape index (κ3) is 2.99. The highest BCUT2D eigenvalue weighted by Gasteiger charge is 2.24. The Morgan fingerprint density at radius 2 is 1.96 bits per heavy atom. The molecule has 3 heterocycles. The Morgan fingerprint density at radius 1 is 1.21 bits per heavy atom. The number of aromatic nitrogens is 4. The van der Waals surface area contributed by atoms with Crippen molar-refractivity contribution in [2.45, 2.75) is 59.2 Å². The minimum Gasteiger partial charge on any atom is -0.376 e. The summed E-state index contributed by atoms with van der Waals surface area (Å²) in [6.45, 7) is 7.63. The van der Waals surface area contributed by atoms with Gasteiger partial charge in [-0.05, 0) is 44.2 Å². The van der Waals surface area contributed by atoms with E-state index in [1.807, 2.05) is 36.6 Å². The summed E-state index contributed by atoms with van der Waals surface area (Å²) in [5, 5.41) is 0. The Morgan fingerprint density at radius 3 is 2.61 bits per heavy atom. The van der Waals surface area contributed by atoms with Gasteiger partial charge < -0.3 is 9.30 Å².